The van der Waals surface area contributed by atoms with Gasteiger partial charge in [-0.3, -0.25) is 9.59 Å². The highest BCUT2D eigenvalue weighted by molar-refractivity contribution is 7.99. The predicted octanol–water partition coefficient (Wildman–Crippen LogP) is 1.78. The van der Waals surface area contributed by atoms with E-state index < -0.39 is 5.97 Å². The van der Waals surface area contributed by atoms with Gasteiger partial charge in [0, 0.05) is 23.6 Å². The first-order valence-corrected chi connectivity index (χ1v) is 7.83. The third-order valence-corrected chi connectivity index (χ3v) is 4.45. The maximum Gasteiger partial charge on any atom is 0.305 e. The molecule has 1 heterocycles. The van der Waals surface area contributed by atoms with Crippen molar-refractivity contribution in [2.45, 2.75) is 18.9 Å². The highest BCUT2D eigenvalue weighted by Gasteiger charge is 2.29. The summed E-state index contributed by atoms with van der Waals surface area (Å²) in [4.78, 5) is 25.2. The summed E-state index contributed by atoms with van der Waals surface area (Å²) in [6.45, 7) is 0.559. The molecule has 1 aliphatic heterocycles. The van der Waals surface area contributed by atoms with Crippen molar-refractivity contribution in [2.75, 3.05) is 18.1 Å². The minimum atomic E-state index is -0.890. The van der Waals surface area contributed by atoms with Crippen molar-refractivity contribution >= 4 is 23.6 Å². The van der Waals surface area contributed by atoms with Crippen LogP contribution in [0.1, 0.15) is 22.3 Å². The Morgan fingerprint density at radius 2 is 2.29 bits per heavy atom. The van der Waals surface area contributed by atoms with E-state index in [1.807, 2.05) is 0 Å². The number of carboxylic acid groups (broad SMARTS) is 1. The third kappa shape index (κ3) is 3.99. The molecule has 1 N–H and O–H groups in total. The van der Waals surface area contributed by atoms with Crippen LogP contribution in [-0.2, 0) is 11.2 Å². The molecule has 21 heavy (non-hydrogen) atoms. The van der Waals surface area contributed by atoms with E-state index >= 15 is 0 Å². The van der Waals surface area contributed by atoms with Crippen LogP contribution in [0.5, 0.6) is 0 Å². The zero-order chi connectivity index (χ0) is 15.2. The first-order chi connectivity index (χ1) is 10.1. The van der Waals surface area contributed by atoms with Crippen LogP contribution >= 0.6 is 11.8 Å². The van der Waals surface area contributed by atoms with Crippen LogP contribution in [0.2, 0.25) is 0 Å². The summed E-state index contributed by atoms with van der Waals surface area (Å²) < 4.78 is 0. The van der Waals surface area contributed by atoms with Crippen molar-refractivity contribution in [1.29, 1.82) is 5.26 Å². The highest BCUT2D eigenvalue weighted by atomic mass is 32.2. The molecule has 1 fully saturated rings. The van der Waals surface area contributed by atoms with Gasteiger partial charge in [0.25, 0.3) is 5.91 Å². The molecule has 0 saturated carbocycles. The third-order valence-electron chi connectivity index (χ3n) is 3.36. The van der Waals surface area contributed by atoms with E-state index in [0.29, 0.717) is 17.9 Å². The summed E-state index contributed by atoms with van der Waals surface area (Å²) in [6.07, 6.45) is 0.228. The Balaban J connectivity index is 2.18. The summed E-state index contributed by atoms with van der Waals surface area (Å²) in [6, 6.07) is 8.77. The van der Waals surface area contributed by atoms with E-state index in [4.69, 9.17) is 10.4 Å². The summed E-state index contributed by atoms with van der Waals surface area (Å²) in [5.41, 5.74) is 1.31. The number of amides is 1. The standard InChI is InChI=1S/C15H16N2O3S/c16-5-4-11-2-1-3-12(8-11)15(20)17-6-7-21-10-13(17)9-14(18)19/h1-3,8,13H,4,6-7,9-10H2,(H,18,19). The van der Waals surface area contributed by atoms with Gasteiger partial charge in [-0.2, -0.15) is 17.0 Å². The van der Waals surface area contributed by atoms with Gasteiger partial charge in [0.05, 0.1) is 25.0 Å². The van der Waals surface area contributed by atoms with Gasteiger partial charge < -0.3 is 10.0 Å². The predicted molar refractivity (Wildman–Crippen MR) is 80.2 cm³/mol. The van der Waals surface area contributed by atoms with Crippen molar-refractivity contribution < 1.29 is 14.7 Å². The smallest absolute Gasteiger partial charge is 0.305 e. The van der Waals surface area contributed by atoms with Gasteiger partial charge in [-0.15, -0.1) is 0 Å². The topological polar surface area (TPSA) is 81.4 Å². The minimum Gasteiger partial charge on any atom is -0.481 e. The van der Waals surface area contributed by atoms with Crippen molar-refractivity contribution in [3.05, 3.63) is 35.4 Å². The number of nitrogens with zero attached hydrogens (tertiary/aromatic N) is 2. The molecule has 0 aliphatic carbocycles. The van der Waals surface area contributed by atoms with E-state index in [-0.39, 0.29) is 24.8 Å². The summed E-state index contributed by atoms with van der Waals surface area (Å²) in [5.74, 6) is 0.426. The molecular formula is C15H16N2O3S. The number of carbonyl (C=O) groups is 2. The van der Waals surface area contributed by atoms with Crippen LogP contribution in [0.15, 0.2) is 24.3 Å². The van der Waals surface area contributed by atoms with E-state index in [1.54, 1.807) is 40.9 Å². The van der Waals surface area contributed by atoms with Crippen molar-refractivity contribution in [3.8, 4) is 6.07 Å². The molecule has 2 rings (SSSR count). The van der Waals surface area contributed by atoms with Crippen LogP contribution in [-0.4, -0.2) is 46.0 Å². The average molecular weight is 304 g/mol. The zero-order valence-corrected chi connectivity index (χ0v) is 12.3. The lowest BCUT2D eigenvalue weighted by Crippen LogP contribution is -2.47. The van der Waals surface area contributed by atoms with Gasteiger partial charge in [0.2, 0.25) is 0 Å². The highest BCUT2D eigenvalue weighted by Crippen LogP contribution is 2.21. The number of hydrogen-bond acceptors (Lipinski definition) is 4. The van der Waals surface area contributed by atoms with Crippen LogP contribution in [0, 0.1) is 11.3 Å². The maximum atomic E-state index is 12.6. The van der Waals surface area contributed by atoms with Crippen LogP contribution in [0.25, 0.3) is 0 Å². The molecule has 1 aromatic rings. The Labute approximate surface area is 127 Å². The molecule has 0 bridgehead atoms. The number of thioether (sulfide) groups is 1. The van der Waals surface area contributed by atoms with Crippen LogP contribution in [0.3, 0.4) is 0 Å². The average Bonchev–Trinajstić information content (AvgIpc) is 2.47. The monoisotopic (exact) mass is 304 g/mol. The molecule has 5 nitrogen and oxygen atoms in total. The number of benzene rings is 1. The van der Waals surface area contributed by atoms with Gasteiger partial charge in [0.15, 0.2) is 0 Å². The fraction of sp³-hybridized carbons (Fsp3) is 0.400. The van der Waals surface area contributed by atoms with Crippen molar-refractivity contribution in [3.63, 3.8) is 0 Å². The fourth-order valence-electron chi connectivity index (χ4n) is 2.36. The van der Waals surface area contributed by atoms with Crippen molar-refractivity contribution in [1.82, 2.24) is 4.90 Å². The van der Waals surface area contributed by atoms with E-state index in [0.717, 1.165) is 11.3 Å². The molecule has 1 amide bonds. The first-order valence-electron chi connectivity index (χ1n) is 6.68. The second-order valence-corrected chi connectivity index (χ2v) is 6.01. The Hall–Kier alpha value is -2.00. The Kier molecular flexibility index (Phi) is 5.23. The number of rotatable bonds is 4. The largest absolute Gasteiger partial charge is 0.481 e. The molecule has 0 aromatic heterocycles. The van der Waals surface area contributed by atoms with E-state index in [1.165, 1.54) is 0 Å². The van der Waals surface area contributed by atoms with Gasteiger partial charge in [-0.1, -0.05) is 12.1 Å². The fourth-order valence-corrected chi connectivity index (χ4v) is 3.43. The number of nitriles is 1. The van der Waals surface area contributed by atoms with Gasteiger partial charge in [0.1, 0.15) is 0 Å². The molecule has 1 atom stereocenters. The zero-order valence-electron chi connectivity index (χ0n) is 11.5. The molecule has 110 valence electrons. The lowest BCUT2D eigenvalue weighted by molar-refractivity contribution is -0.138. The van der Waals surface area contributed by atoms with Crippen LogP contribution in [0.4, 0.5) is 0 Å². The number of hydrogen-bond donors (Lipinski definition) is 1. The van der Waals surface area contributed by atoms with Gasteiger partial charge >= 0.3 is 5.97 Å². The van der Waals surface area contributed by atoms with Gasteiger partial charge in [-0.25, -0.2) is 0 Å². The Bertz CT molecular complexity index is 583. The molecule has 6 heteroatoms. The molecule has 1 unspecified atom stereocenters. The SMILES string of the molecule is N#CCc1cccc(C(=O)N2CCSCC2CC(=O)O)c1. The maximum absolute atomic E-state index is 12.6. The summed E-state index contributed by atoms with van der Waals surface area (Å²) in [5, 5.41) is 17.7. The van der Waals surface area contributed by atoms with E-state index in [2.05, 4.69) is 6.07 Å². The molecule has 1 aromatic carbocycles. The molecule has 0 spiro atoms. The normalized spacial score (nSPS) is 18.0. The number of aliphatic carboxylic acids is 1. The molecular weight excluding hydrogens is 288 g/mol. The summed E-state index contributed by atoms with van der Waals surface area (Å²) >= 11 is 1.67. The van der Waals surface area contributed by atoms with E-state index in [9.17, 15) is 9.59 Å². The van der Waals surface area contributed by atoms with Crippen molar-refractivity contribution in [2.24, 2.45) is 0 Å². The summed E-state index contributed by atoms with van der Waals surface area (Å²) in [7, 11) is 0. The Morgan fingerprint density at radius 1 is 1.48 bits per heavy atom. The quantitative estimate of drug-likeness (QED) is 0.917. The number of carbonyl (C=O) groups excluding carboxylic acids is 1. The molecule has 0 radical (unpaired) electrons. The lowest BCUT2D eigenvalue weighted by Gasteiger charge is -2.34. The molecule has 1 aliphatic rings. The first kappa shape index (κ1) is 15.4. The second kappa shape index (κ2) is 7.14. The minimum absolute atomic E-state index is 0.0311. The number of carboxylic acids is 1. The van der Waals surface area contributed by atoms with Gasteiger partial charge in [-0.05, 0) is 17.7 Å². The van der Waals surface area contributed by atoms with Crippen LogP contribution < -0.4 is 0 Å². The lowest BCUT2D eigenvalue weighted by atomic mass is 10.1. The second-order valence-electron chi connectivity index (χ2n) is 4.86. The Morgan fingerprint density at radius 3 is 3.00 bits per heavy atom. The molecule has 1 saturated heterocycles.